The Morgan fingerprint density at radius 1 is 0.931 bits per heavy atom. The van der Waals surface area contributed by atoms with Crippen molar-refractivity contribution in [3.8, 4) is 16.9 Å². The molecule has 3 aromatic carbocycles. The molecule has 0 saturated heterocycles. The number of hydrogen-bond acceptors (Lipinski definition) is 2. The number of anilines is 1. The van der Waals surface area contributed by atoms with Gasteiger partial charge in [0.15, 0.2) is 0 Å². The van der Waals surface area contributed by atoms with Crippen molar-refractivity contribution in [3.63, 3.8) is 0 Å². The quantitative estimate of drug-likeness (QED) is 0.438. The van der Waals surface area contributed by atoms with E-state index in [1.807, 2.05) is 54.6 Å². The molecule has 0 unspecified atom stereocenters. The fourth-order valence-electron chi connectivity index (χ4n) is 3.19. The number of fused-ring (bicyclic) bond motifs is 1. The summed E-state index contributed by atoms with van der Waals surface area (Å²) in [6, 6.07) is 22.9. The summed E-state index contributed by atoms with van der Waals surface area (Å²) in [5.74, 6) is 0.0216. The Balaban J connectivity index is 1.63. The molecule has 6 heteroatoms. The first-order chi connectivity index (χ1) is 13.9. The number of alkyl halides is 2. The highest BCUT2D eigenvalue weighted by molar-refractivity contribution is 6.04. The van der Waals surface area contributed by atoms with E-state index >= 15 is 0 Å². The molecule has 4 rings (SSSR count). The van der Waals surface area contributed by atoms with Crippen LogP contribution in [0.5, 0.6) is 5.75 Å². The van der Waals surface area contributed by atoms with E-state index < -0.39 is 6.11 Å². The van der Waals surface area contributed by atoms with Crippen molar-refractivity contribution in [1.82, 2.24) is 4.57 Å². The first kappa shape index (κ1) is 18.7. The molecule has 0 aliphatic heterocycles. The Morgan fingerprint density at radius 2 is 1.59 bits per heavy atom. The smallest absolute Gasteiger partial charge is 0.394 e. The van der Waals surface area contributed by atoms with Gasteiger partial charge in [0.2, 0.25) is 0 Å². The summed E-state index contributed by atoms with van der Waals surface area (Å²) in [5.41, 5.74) is 3.21. The monoisotopic (exact) mass is 392 g/mol. The highest BCUT2D eigenvalue weighted by atomic mass is 19.3. The minimum Gasteiger partial charge on any atom is -0.433 e. The number of nitrogens with one attached hydrogen (secondary N) is 1. The van der Waals surface area contributed by atoms with Crippen LogP contribution in [0.2, 0.25) is 0 Å². The van der Waals surface area contributed by atoms with Crippen LogP contribution >= 0.6 is 0 Å². The van der Waals surface area contributed by atoms with Gasteiger partial charge in [-0.25, -0.2) is 4.79 Å². The number of rotatable bonds is 4. The van der Waals surface area contributed by atoms with Crippen LogP contribution in [0.1, 0.15) is 6.92 Å². The van der Waals surface area contributed by atoms with Crippen molar-refractivity contribution in [2.24, 2.45) is 0 Å². The van der Waals surface area contributed by atoms with Gasteiger partial charge in [-0.15, -0.1) is 0 Å². The predicted octanol–water partition coefficient (Wildman–Crippen LogP) is 6.38. The van der Waals surface area contributed by atoms with E-state index in [-0.39, 0.29) is 11.8 Å². The Kier molecular flexibility index (Phi) is 4.76. The van der Waals surface area contributed by atoms with Crippen molar-refractivity contribution in [1.29, 1.82) is 0 Å². The van der Waals surface area contributed by atoms with Gasteiger partial charge in [-0.1, -0.05) is 48.5 Å². The van der Waals surface area contributed by atoms with E-state index in [1.165, 1.54) is 24.3 Å². The Morgan fingerprint density at radius 3 is 2.28 bits per heavy atom. The molecule has 0 aliphatic rings. The fraction of sp³-hybridized carbons (Fsp3) is 0.0870. The van der Waals surface area contributed by atoms with Gasteiger partial charge in [-0.2, -0.15) is 8.78 Å². The van der Waals surface area contributed by atoms with Crippen molar-refractivity contribution in [2.75, 3.05) is 5.32 Å². The summed E-state index contributed by atoms with van der Waals surface area (Å²) in [6.45, 7) is 0.671. The maximum absolute atomic E-state index is 12.9. The standard InChI is InChI=1S/C23H18F2N2O2/c1-23(24,25)29-18-13-11-17(12-14-18)26-22(28)27-15-20(16-7-3-2-4-8-16)19-9-5-6-10-21(19)27/h2-15H,1H3,(H,26,28). The van der Waals surface area contributed by atoms with Crippen LogP contribution in [0.25, 0.3) is 22.0 Å². The topological polar surface area (TPSA) is 43.3 Å². The molecule has 1 aromatic heterocycles. The molecule has 0 fully saturated rings. The van der Waals surface area contributed by atoms with Crippen molar-refractivity contribution >= 4 is 22.6 Å². The molecule has 29 heavy (non-hydrogen) atoms. The molecule has 0 radical (unpaired) electrons. The number of para-hydroxylation sites is 1. The zero-order chi connectivity index (χ0) is 20.4. The van der Waals surface area contributed by atoms with Crippen LogP contribution in [-0.2, 0) is 0 Å². The Labute approximate surface area is 166 Å². The normalized spacial score (nSPS) is 11.4. The van der Waals surface area contributed by atoms with E-state index in [0.717, 1.165) is 22.0 Å². The molecule has 4 nitrogen and oxygen atoms in total. The summed E-state index contributed by atoms with van der Waals surface area (Å²) in [5, 5.41) is 3.75. The van der Waals surface area contributed by atoms with Gasteiger partial charge in [-0.3, -0.25) is 4.57 Å². The summed E-state index contributed by atoms with van der Waals surface area (Å²) < 4.78 is 31.9. The third-order valence-electron chi connectivity index (χ3n) is 4.42. The zero-order valence-electron chi connectivity index (χ0n) is 15.6. The predicted molar refractivity (Wildman–Crippen MR) is 109 cm³/mol. The number of hydrogen-bond donors (Lipinski definition) is 1. The lowest BCUT2D eigenvalue weighted by Gasteiger charge is -2.13. The minimum absolute atomic E-state index is 0.0216. The Hall–Kier alpha value is -3.67. The lowest BCUT2D eigenvalue weighted by atomic mass is 10.1. The third kappa shape index (κ3) is 4.11. The van der Waals surface area contributed by atoms with Crippen LogP contribution in [0.3, 0.4) is 0 Å². The second-order valence-corrected chi connectivity index (χ2v) is 6.66. The lowest BCUT2D eigenvalue weighted by molar-refractivity contribution is -0.158. The summed E-state index contributed by atoms with van der Waals surface area (Å²) >= 11 is 0. The number of amides is 1. The van der Waals surface area contributed by atoms with Gasteiger partial charge < -0.3 is 10.1 Å². The number of carbonyl (C=O) groups is 1. The van der Waals surface area contributed by atoms with E-state index in [0.29, 0.717) is 12.6 Å². The van der Waals surface area contributed by atoms with Gasteiger partial charge >= 0.3 is 12.1 Å². The number of ether oxygens (including phenoxy) is 1. The maximum Gasteiger partial charge on any atom is 0.394 e. The molecule has 0 spiro atoms. The molecule has 0 saturated carbocycles. The molecular formula is C23H18F2N2O2. The van der Waals surface area contributed by atoms with Gasteiger partial charge in [0.25, 0.3) is 0 Å². The van der Waals surface area contributed by atoms with Crippen LogP contribution in [0.4, 0.5) is 19.3 Å². The molecule has 1 amide bonds. The van der Waals surface area contributed by atoms with E-state index in [1.54, 1.807) is 10.8 Å². The second-order valence-electron chi connectivity index (χ2n) is 6.66. The SMILES string of the molecule is CC(F)(F)Oc1ccc(NC(=O)n2cc(-c3ccccc3)c3ccccc32)cc1. The first-order valence-electron chi connectivity index (χ1n) is 9.04. The molecule has 4 aromatic rings. The molecule has 1 N–H and O–H groups in total. The highest BCUT2D eigenvalue weighted by Crippen LogP contribution is 2.31. The van der Waals surface area contributed by atoms with Crippen LogP contribution in [0, 0.1) is 0 Å². The van der Waals surface area contributed by atoms with Gasteiger partial charge in [-0.05, 0) is 35.9 Å². The number of nitrogens with zero attached hydrogens (tertiary/aromatic N) is 1. The van der Waals surface area contributed by atoms with Crippen molar-refractivity contribution in [2.45, 2.75) is 13.0 Å². The van der Waals surface area contributed by atoms with Crippen molar-refractivity contribution < 1.29 is 18.3 Å². The second kappa shape index (κ2) is 7.39. The lowest BCUT2D eigenvalue weighted by Crippen LogP contribution is -2.19. The molecule has 0 atom stereocenters. The average molecular weight is 392 g/mol. The fourth-order valence-corrected chi connectivity index (χ4v) is 3.19. The van der Waals surface area contributed by atoms with E-state index in [9.17, 15) is 13.6 Å². The molecule has 1 heterocycles. The molecule has 0 bridgehead atoms. The molecule has 0 aliphatic carbocycles. The maximum atomic E-state index is 12.9. The molecule has 146 valence electrons. The highest BCUT2D eigenvalue weighted by Gasteiger charge is 2.23. The summed E-state index contributed by atoms with van der Waals surface area (Å²) in [7, 11) is 0. The third-order valence-corrected chi connectivity index (χ3v) is 4.42. The van der Waals surface area contributed by atoms with Crippen LogP contribution < -0.4 is 10.1 Å². The van der Waals surface area contributed by atoms with Crippen molar-refractivity contribution in [3.05, 3.63) is 85.1 Å². The Bertz CT molecular complexity index is 1150. The average Bonchev–Trinajstić information content (AvgIpc) is 3.09. The number of carbonyl (C=O) groups excluding carboxylic acids is 1. The molecular weight excluding hydrogens is 374 g/mol. The van der Waals surface area contributed by atoms with Crippen LogP contribution in [-0.4, -0.2) is 16.7 Å². The van der Waals surface area contributed by atoms with Gasteiger partial charge in [0.05, 0.1) is 5.52 Å². The zero-order valence-corrected chi connectivity index (χ0v) is 15.6. The first-order valence-corrected chi connectivity index (χ1v) is 9.04. The number of halogens is 2. The van der Waals surface area contributed by atoms with Gasteiger partial charge in [0, 0.05) is 29.8 Å². The van der Waals surface area contributed by atoms with Crippen LogP contribution in [0.15, 0.2) is 85.1 Å². The summed E-state index contributed by atoms with van der Waals surface area (Å²) in [6.07, 6.45) is -1.47. The minimum atomic E-state index is -3.26. The summed E-state index contributed by atoms with van der Waals surface area (Å²) in [4.78, 5) is 12.9. The number of benzene rings is 3. The largest absolute Gasteiger partial charge is 0.433 e. The van der Waals surface area contributed by atoms with Gasteiger partial charge in [0.1, 0.15) is 5.75 Å². The number of aromatic nitrogens is 1. The van der Waals surface area contributed by atoms with E-state index in [4.69, 9.17) is 0 Å². The van der Waals surface area contributed by atoms with E-state index in [2.05, 4.69) is 10.1 Å².